The molecule has 0 aliphatic carbocycles. The molecule has 0 fully saturated rings. The van der Waals surface area contributed by atoms with Gasteiger partial charge in [0.1, 0.15) is 11.5 Å². The van der Waals surface area contributed by atoms with Crippen LogP contribution in [0.4, 0.5) is 24.5 Å². The van der Waals surface area contributed by atoms with E-state index in [4.69, 9.17) is 9.47 Å². The van der Waals surface area contributed by atoms with Crippen LogP contribution in [0, 0.1) is 0 Å². The number of amides is 1. The fraction of sp³-hybridized carbons (Fsp3) is 0.350. The number of carbonyl (C=O) groups is 1. The van der Waals surface area contributed by atoms with Gasteiger partial charge < -0.3 is 19.7 Å². The van der Waals surface area contributed by atoms with Gasteiger partial charge in [0.15, 0.2) is 6.61 Å². The van der Waals surface area contributed by atoms with Gasteiger partial charge in [-0.05, 0) is 48.7 Å². The first-order chi connectivity index (χ1) is 13.4. The van der Waals surface area contributed by atoms with E-state index in [1.54, 1.807) is 24.1 Å². The number of ether oxygens (including phenoxy) is 2. The van der Waals surface area contributed by atoms with E-state index in [0.29, 0.717) is 12.2 Å². The average Bonchev–Trinajstić information content (AvgIpc) is 2.69. The zero-order valence-corrected chi connectivity index (χ0v) is 15.4. The lowest BCUT2D eigenvalue weighted by Gasteiger charge is -2.30. The number of nitrogens with one attached hydrogen (secondary N) is 1. The van der Waals surface area contributed by atoms with Crippen molar-refractivity contribution < 1.29 is 27.4 Å². The molecule has 28 heavy (non-hydrogen) atoms. The molecule has 1 aliphatic rings. The molecule has 0 spiro atoms. The summed E-state index contributed by atoms with van der Waals surface area (Å²) in [7, 11) is 1.60. The molecule has 0 saturated carbocycles. The Morgan fingerprint density at radius 3 is 2.75 bits per heavy atom. The summed E-state index contributed by atoms with van der Waals surface area (Å²) in [5.41, 5.74) is 2.43. The number of alkyl halides is 3. The Hall–Kier alpha value is -2.90. The standard InChI is InChI=1S/C20H21F3N2O3/c1-27-16-7-8-18-14(10-16)4-3-9-25(18)19(26)12-24-15-5-2-6-17(11-15)28-13-20(21,22)23/h2,5-8,10-11,24H,3-4,9,12-13H2,1H3. The van der Waals surface area contributed by atoms with Crippen molar-refractivity contribution in [3.63, 3.8) is 0 Å². The Labute approximate surface area is 161 Å². The third-order valence-electron chi connectivity index (χ3n) is 4.39. The molecule has 8 heteroatoms. The van der Waals surface area contributed by atoms with Crippen molar-refractivity contribution in [2.75, 3.05) is 37.0 Å². The smallest absolute Gasteiger partial charge is 0.422 e. The summed E-state index contributed by atoms with van der Waals surface area (Å²) in [6.45, 7) is -0.716. The number of nitrogens with zero attached hydrogens (tertiary/aromatic N) is 1. The van der Waals surface area contributed by atoms with Gasteiger partial charge in [0.2, 0.25) is 5.91 Å². The highest BCUT2D eigenvalue weighted by atomic mass is 19.4. The average molecular weight is 394 g/mol. The fourth-order valence-electron chi connectivity index (χ4n) is 3.09. The maximum Gasteiger partial charge on any atom is 0.422 e. The number of methoxy groups -OCH3 is 1. The summed E-state index contributed by atoms with van der Waals surface area (Å²) in [4.78, 5) is 14.4. The molecule has 0 saturated heterocycles. The largest absolute Gasteiger partial charge is 0.497 e. The van der Waals surface area contributed by atoms with Crippen LogP contribution >= 0.6 is 0 Å². The van der Waals surface area contributed by atoms with Gasteiger partial charge >= 0.3 is 6.18 Å². The highest BCUT2D eigenvalue weighted by Crippen LogP contribution is 2.30. The third kappa shape index (κ3) is 5.09. The van der Waals surface area contributed by atoms with Crippen LogP contribution in [0.3, 0.4) is 0 Å². The van der Waals surface area contributed by atoms with E-state index in [0.717, 1.165) is 29.8 Å². The SMILES string of the molecule is COc1ccc2c(c1)CCCN2C(=O)CNc1cccc(OCC(F)(F)F)c1. The summed E-state index contributed by atoms with van der Waals surface area (Å²) in [5, 5.41) is 2.96. The van der Waals surface area contributed by atoms with Gasteiger partial charge in [0.25, 0.3) is 0 Å². The van der Waals surface area contributed by atoms with Gasteiger partial charge in [-0.3, -0.25) is 4.79 Å². The van der Waals surface area contributed by atoms with Gasteiger partial charge in [0.05, 0.1) is 13.7 Å². The van der Waals surface area contributed by atoms with Gasteiger partial charge in [-0.15, -0.1) is 0 Å². The first-order valence-corrected chi connectivity index (χ1v) is 8.86. The second kappa shape index (κ2) is 8.41. The van der Waals surface area contributed by atoms with Crippen LogP contribution in [0.25, 0.3) is 0 Å². The molecule has 0 unspecified atom stereocenters. The van der Waals surface area contributed by atoms with Crippen molar-refractivity contribution in [2.45, 2.75) is 19.0 Å². The Balaban J connectivity index is 1.62. The number of anilines is 2. The number of hydrogen-bond acceptors (Lipinski definition) is 4. The maximum atomic E-state index is 12.7. The van der Waals surface area contributed by atoms with E-state index in [1.807, 2.05) is 18.2 Å². The molecule has 1 aliphatic heterocycles. The number of rotatable bonds is 6. The predicted molar refractivity (Wildman–Crippen MR) is 100 cm³/mol. The molecule has 2 aromatic carbocycles. The molecule has 150 valence electrons. The third-order valence-corrected chi connectivity index (χ3v) is 4.39. The number of hydrogen-bond donors (Lipinski definition) is 1. The zero-order valence-electron chi connectivity index (χ0n) is 15.4. The number of halogens is 3. The Morgan fingerprint density at radius 1 is 1.18 bits per heavy atom. The molecule has 2 aromatic rings. The summed E-state index contributed by atoms with van der Waals surface area (Å²) < 4.78 is 46.8. The van der Waals surface area contributed by atoms with Crippen molar-refractivity contribution in [3.05, 3.63) is 48.0 Å². The second-order valence-electron chi connectivity index (χ2n) is 6.43. The van der Waals surface area contributed by atoms with E-state index in [-0.39, 0.29) is 18.2 Å². The van der Waals surface area contributed by atoms with Crippen molar-refractivity contribution in [2.24, 2.45) is 0 Å². The summed E-state index contributed by atoms with van der Waals surface area (Å²) >= 11 is 0. The Morgan fingerprint density at radius 2 is 2.00 bits per heavy atom. The van der Waals surface area contributed by atoms with E-state index in [2.05, 4.69) is 5.32 Å². The highest BCUT2D eigenvalue weighted by Gasteiger charge is 2.28. The monoisotopic (exact) mass is 394 g/mol. The van der Waals surface area contributed by atoms with Crippen LogP contribution in [0.1, 0.15) is 12.0 Å². The van der Waals surface area contributed by atoms with E-state index in [9.17, 15) is 18.0 Å². The predicted octanol–water partition coefficient (Wildman–Crippen LogP) is 4.03. The molecule has 0 atom stereocenters. The first kappa shape index (κ1) is 19.9. The second-order valence-corrected chi connectivity index (χ2v) is 6.43. The summed E-state index contributed by atoms with van der Waals surface area (Å²) in [5.74, 6) is 0.722. The molecule has 1 amide bonds. The summed E-state index contributed by atoms with van der Waals surface area (Å²) in [6, 6.07) is 11.7. The van der Waals surface area contributed by atoms with Crippen molar-refractivity contribution in [3.8, 4) is 11.5 Å². The molecule has 0 radical (unpaired) electrons. The molecule has 1 heterocycles. The highest BCUT2D eigenvalue weighted by molar-refractivity contribution is 5.97. The lowest BCUT2D eigenvalue weighted by atomic mass is 10.0. The van der Waals surface area contributed by atoms with Crippen LogP contribution < -0.4 is 19.7 Å². The van der Waals surface area contributed by atoms with Crippen LogP contribution in [0.5, 0.6) is 11.5 Å². The molecule has 3 rings (SSSR count). The normalized spacial score (nSPS) is 13.6. The van der Waals surface area contributed by atoms with Crippen molar-refractivity contribution in [1.82, 2.24) is 0 Å². The van der Waals surface area contributed by atoms with Gasteiger partial charge in [-0.1, -0.05) is 6.07 Å². The molecule has 0 bridgehead atoms. The Bertz CT molecular complexity index is 840. The fourth-order valence-corrected chi connectivity index (χ4v) is 3.09. The van der Waals surface area contributed by atoms with Crippen LogP contribution in [-0.4, -0.2) is 38.9 Å². The van der Waals surface area contributed by atoms with Gasteiger partial charge in [-0.25, -0.2) is 0 Å². The molecular weight excluding hydrogens is 373 g/mol. The van der Waals surface area contributed by atoms with Crippen LogP contribution in [-0.2, 0) is 11.2 Å². The lowest BCUT2D eigenvalue weighted by molar-refractivity contribution is -0.153. The van der Waals surface area contributed by atoms with Crippen LogP contribution in [0.15, 0.2) is 42.5 Å². The quantitative estimate of drug-likeness (QED) is 0.804. The van der Waals surface area contributed by atoms with Crippen LogP contribution in [0.2, 0.25) is 0 Å². The first-order valence-electron chi connectivity index (χ1n) is 8.86. The molecular formula is C20H21F3N2O3. The molecule has 1 N–H and O–H groups in total. The topological polar surface area (TPSA) is 50.8 Å². The minimum atomic E-state index is -4.40. The number of benzene rings is 2. The zero-order chi connectivity index (χ0) is 20.1. The van der Waals surface area contributed by atoms with Crippen molar-refractivity contribution >= 4 is 17.3 Å². The maximum absolute atomic E-state index is 12.7. The minimum absolute atomic E-state index is 0.0220. The van der Waals surface area contributed by atoms with E-state index < -0.39 is 12.8 Å². The number of carbonyl (C=O) groups excluding carboxylic acids is 1. The number of aryl methyl sites for hydroxylation is 1. The summed E-state index contributed by atoms with van der Waals surface area (Å²) in [6.07, 6.45) is -2.67. The minimum Gasteiger partial charge on any atom is -0.497 e. The van der Waals surface area contributed by atoms with Crippen molar-refractivity contribution in [1.29, 1.82) is 0 Å². The van der Waals surface area contributed by atoms with Gasteiger partial charge in [-0.2, -0.15) is 13.2 Å². The van der Waals surface area contributed by atoms with E-state index in [1.165, 1.54) is 12.1 Å². The Kier molecular flexibility index (Phi) is 5.96. The lowest BCUT2D eigenvalue weighted by Crippen LogP contribution is -2.39. The molecule has 0 aromatic heterocycles. The molecule has 5 nitrogen and oxygen atoms in total. The van der Waals surface area contributed by atoms with Gasteiger partial charge in [0, 0.05) is 24.0 Å². The number of fused-ring (bicyclic) bond motifs is 1. The van der Waals surface area contributed by atoms with E-state index >= 15 is 0 Å².